The Bertz CT molecular complexity index is 793. The molecule has 0 bridgehead atoms. The van der Waals surface area contributed by atoms with Gasteiger partial charge in [0.25, 0.3) is 0 Å². The van der Waals surface area contributed by atoms with E-state index in [4.69, 9.17) is 0 Å². The minimum atomic E-state index is -0.621. The fraction of sp³-hybridized carbons (Fsp3) is 0.364. The van der Waals surface area contributed by atoms with Crippen molar-refractivity contribution in [3.8, 4) is 0 Å². The Morgan fingerprint density at radius 1 is 1.04 bits per heavy atom. The third-order valence-corrected chi connectivity index (χ3v) is 4.58. The summed E-state index contributed by atoms with van der Waals surface area (Å²) in [5.41, 5.74) is 2.93. The number of rotatable bonds is 8. The molecule has 3 N–H and O–H groups in total. The second-order valence-electron chi connectivity index (χ2n) is 6.88. The highest BCUT2D eigenvalue weighted by Gasteiger charge is 2.22. The molecule has 6 heteroatoms. The van der Waals surface area contributed by atoms with Crippen LogP contribution < -0.4 is 16.0 Å². The minimum Gasteiger partial charge on any atom is -0.348 e. The van der Waals surface area contributed by atoms with E-state index >= 15 is 0 Å². The molecular formula is C22H28FN3O2. The van der Waals surface area contributed by atoms with E-state index < -0.39 is 12.1 Å². The van der Waals surface area contributed by atoms with E-state index in [1.807, 2.05) is 45.0 Å². The molecule has 0 aliphatic rings. The number of hydrogen-bond donors (Lipinski definition) is 3. The topological polar surface area (TPSA) is 70.2 Å². The lowest BCUT2D eigenvalue weighted by Gasteiger charge is -2.22. The summed E-state index contributed by atoms with van der Waals surface area (Å²) in [6.45, 7) is 6.15. The van der Waals surface area contributed by atoms with Gasteiger partial charge in [-0.3, -0.25) is 4.79 Å². The highest BCUT2D eigenvalue weighted by Crippen LogP contribution is 2.17. The van der Waals surface area contributed by atoms with Gasteiger partial charge in [0, 0.05) is 6.54 Å². The van der Waals surface area contributed by atoms with Gasteiger partial charge in [-0.05, 0) is 49.1 Å². The zero-order chi connectivity index (χ0) is 20.5. The molecule has 0 aromatic heterocycles. The zero-order valence-electron chi connectivity index (χ0n) is 16.6. The Hall–Kier alpha value is -2.89. The lowest BCUT2D eigenvalue weighted by Crippen LogP contribution is -2.50. The summed E-state index contributed by atoms with van der Waals surface area (Å²) in [6, 6.07) is 12.6. The predicted molar refractivity (Wildman–Crippen MR) is 108 cm³/mol. The minimum absolute atomic E-state index is 0.155. The number of nitrogens with one attached hydrogen (secondary N) is 3. The fourth-order valence-corrected chi connectivity index (χ4v) is 3.02. The summed E-state index contributed by atoms with van der Waals surface area (Å²) >= 11 is 0. The maximum atomic E-state index is 12.9. The van der Waals surface area contributed by atoms with Crippen molar-refractivity contribution < 1.29 is 14.0 Å². The van der Waals surface area contributed by atoms with Crippen molar-refractivity contribution in [2.45, 2.75) is 52.2 Å². The van der Waals surface area contributed by atoms with Crippen molar-refractivity contribution in [3.63, 3.8) is 0 Å². The predicted octanol–water partition coefficient (Wildman–Crippen LogP) is 3.98. The standard InChI is InChI=1S/C22H28FN3O2/c1-4-7-20(21(27)25-16(3)19-9-6-5-8-15(19)2)26-22(28)24-14-17-10-12-18(23)13-11-17/h5-6,8-13,16,20H,4,7,14H2,1-3H3,(H,25,27)(H2,24,26,28)/t16-,20+/m1/s1. The average Bonchev–Trinajstić information content (AvgIpc) is 2.67. The van der Waals surface area contributed by atoms with Crippen LogP contribution in [0.1, 0.15) is 49.4 Å². The van der Waals surface area contributed by atoms with Crippen LogP contribution in [0.5, 0.6) is 0 Å². The highest BCUT2D eigenvalue weighted by molar-refractivity contribution is 5.87. The molecule has 28 heavy (non-hydrogen) atoms. The van der Waals surface area contributed by atoms with Gasteiger partial charge in [-0.1, -0.05) is 49.7 Å². The molecule has 0 aliphatic heterocycles. The number of benzene rings is 2. The number of halogens is 1. The summed E-state index contributed by atoms with van der Waals surface area (Å²) in [5, 5.41) is 8.42. The monoisotopic (exact) mass is 385 g/mol. The van der Waals surface area contributed by atoms with Gasteiger partial charge in [-0.2, -0.15) is 0 Å². The molecule has 0 saturated carbocycles. The largest absolute Gasteiger partial charge is 0.348 e. The van der Waals surface area contributed by atoms with Crippen LogP contribution in [0.25, 0.3) is 0 Å². The number of hydrogen-bond acceptors (Lipinski definition) is 2. The van der Waals surface area contributed by atoms with Crippen LogP contribution in [0, 0.1) is 12.7 Å². The van der Waals surface area contributed by atoms with Crippen molar-refractivity contribution in [3.05, 3.63) is 71.0 Å². The van der Waals surface area contributed by atoms with E-state index in [1.54, 1.807) is 12.1 Å². The summed E-state index contributed by atoms with van der Waals surface area (Å²) in [5.74, 6) is -0.537. The Balaban J connectivity index is 1.91. The van der Waals surface area contributed by atoms with Crippen LogP contribution in [0.2, 0.25) is 0 Å². The molecule has 2 rings (SSSR count). The van der Waals surface area contributed by atoms with E-state index in [1.165, 1.54) is 12.1 Å². The van der Waals surface area contributed by atoms with E-state index in [-0.39, 0.29) is 24.3 Å². The summed E-state index contributed by atoms with van der Waals surface area (Å²) in [6.07, 6.45) is 1.30. The molecule has 2 atom stereocenters. The average molecular weight is 385 g/mol. The first-order valence-electron chi connectivity index (χ1n) is 9.55. The number of amides is 3. The lowest BCUT2D eigenvalue weighted by atomic mass is 10.0. The van der Waals surface area contributed by atoms with Crippen LogP contribution in [-0.4, -0.2) is 18.0 Å². The van der Waals surface area contributed by atoms with Crippen LogP contribution >= 0.6 is 0 Å². The molecule has 0 radical (unpaired) electrons. The SMILES string of the molecule is CCC[C@H](NC(=O)NCc1ccc(F)cc1)C(=O)N[C@H](C)c1ccccc1C. The van der Waals surface area contributed by atoms with Gasteiger partial charge in [0.1, 0.15) is 11.9 Å². The normalized spacial score (nSPS) is 12.7. The summed E-state index contributed by atoms with van der Waals surface area (Å²) in [7, 11) is 0. The van der Waals surface area contributed by atoms with Gasteiger partial charge in [-0.15, -0.1) is 0 Å². The molecule has 0 spiro atoms. The van der Waals surface area contributed by atoms with Crippen LogP contribution in [0.15, 0.2) is 48.5 Å². The van der Waals surface area contributed by atoms with Crippen LogP contribution in [-0.2, 0) is 11.3 Å². The van der Waals surface area contributed by atoms with E-state index in [0.717, 1.165) is 23.1 Å². The van der Waals surface area contributed by atoms with Gasteiger partial charge >= 0.3 is 6.03 Å². The number of carbonyl (C=O) groups is 2. The Labute approximate surface area is 165 Å². The molecule has 0 unspecified atom stereocenters. The fourth-order valence-electron chi connectivity index (χ4n) is 3.02. The zero-order valence-corrected chi connectivity index (χ0v) is 16.6. The molecule has 0 fully saturated rings. The second-order valence-corrected chi connectivity index (χ2v) is 6.88. The molecule has 2 aromatic carbocycles. The highest BCUT2D eigenvalue weighted by atomic mass is 19.1. The molecular weight excluding hydrogens is 357 g/mol. The summed E-state index contributed by atoms with van der Waals surface area (Å²) in [4.78, 5) is 24.9. The van der Waals surface area contributed by atoms with Crippen molar-refractivity contribution in [1.82, 2.24) is 16.0 Å². The van der Waals surface area contributed by atoms with Gasteiger partial charge in [0.15, 0.2) is 0 Å². The Morgan fingerprint density at radius 3 is 2.36 bits per heavy atom. The van der Waals surface area contributed by atoms with E-state index in [2.05, 4.69) is 16.0 Å². The van der Waals surface area contributed by atoms with Crippen molar-refractivity contribution >= 4 is 11.9 Å². The van der Waals surface area contributed by atoms with Gasteiger partial charge in [0.05, 0.1) is 6.04 Å². The molecule has 0 aliphatic carbocycles. The molecule has 150 valence electrons. The smallest absolute Gasteiger partial charge is 0.315 e. The first kappa shape index (κ1) is 21.4. The Kier molecular flexibility index (Phi) is 7.99. The number of carbonyl (C=O) groups excluding carboxylic acids is 2. The molecule has 0 saturated heterocycles. The van der Waals surface area contributed by atoms with Gasteiger partial charge in [0.2, 0.25) is 5.91 Å². The second kappa shape index (κ2) is 10.4. The molecule has 2 aromatic rings. The maximum Gasteiger partial charge on any atom is 0.315 e. The number of urea groups is 1. The molecule has 3 amide bonds. The molecule has 0 heterocycles. The van der Waals surface area contributed by atoms with E-state index in [9.17, 15) is 14.0 Å². The lowest BCUT2D eigenvalue weighted by molar-refractivity contribution is -0.123. The Morgan fingerprint density at radius 2 is 1.71 bits per heavy atom. The van der Waals surface area contributed by atoms with E-state index in [0.29, 0.717) is 6.42 Å². The van der Waals surface area contributed by atoms with Gasteiger partial charge in [-0.25, -0.2) is 9.18 Å². The van der Waals surface area contributed by atoms with Gasteiger partial charge < -0.3 is 16.0 Å². The van der Waals surface area contributed by atoms with Crippen molar-refractivity contribution in [2.75, 3.05) is 0 Å². The van der Waals surface area contributed by atoms with Crippen molar-refractivity contribution in [2.24, 2.45) is 0 Å². The number of aryl methyl sites for hydroxylation is 1. The van der Waals surface area contributed by atoms with Crippen LogP contribution in [0.3, 0.4) is 0 Å². The van der Waals surface area contributed by atoms with Crippen molar-refractivity contribution in [1.29, 1.82) is 0 Å². The maximum absolute atomic E-state index is 12.9. The third kappa shape index (κ3) is 6.37. The van der Waals surface area contributed by atoms with Crippen LogP contribution in [0.4, 0.5) is 9.18 Å². The first-order chi connectivity index (χ1) is 13.4. The third-order valence-electron chi connectivity index (χ3n) is 4.58. The molecule has 5 nitrogen and oxygen atoms in total. The quantitative estimate of drug-likeness (QED) is 0.643. The summed E-state index contributed by atoms with van der Waals surface area (Å²) < 4.78 is 12.9. The first-order valence-corrected chi connectivity index (χ1v) is 9.55.